The maximum Gasteiger partial charge on any atom is 0.162 e. The summed E-state index contributed by atoms with van der Waals surface area (Å²) in [5.74, 6) is 1.61. The molecule has 0 spiro atoms. The third kappa shape index (κ3) is 2.80. The van der Waals surface area contributed by atoms with Crippen molar-refractivity contribution in [1.29, 1.82) is 0 Å². The monoisotopic (exact) mass is 480 g/mol. The minimum atomic E-state index is 0.128. The van der Waals surface area contributed by atoms with Gasteiger partial charge in [-0.05, 0) is 52.2 Å². The van der Waals surface area contributed by atoms with Gasteiger partial charge in [-0.2, -0.15) is 0 Å². The molecule has 0 saturated carbocycles. The molecule has 2 aromatic rings. The Morgan fingerprint density at radius 3 is 2.35 bits per heavy atom. The Kier molecular flexibility index (Phi) is 4.45. The lowest BCUT2D eigenvalue weighted by molar-refractivity contribution is 0.171. The zero-order chi connectivity index (χ0) is 14.3. The van der Waals surface area contributed by atoms with Gasteiger partial charge in [-0.15, -0.1) is 11.3 Å². The van der Waals surface area contributed by atoms with Crippen LogP contribution in [0.3, 0.4) is 0 Å². The lowest BCUT2D eigenvalue weighted by Crippen LogP contribution is -2.15. The Morgan fingerprint density at radius 1 is 1.10 bits per heavy atom. The van der Waals surface area contributed by atoms with Gasteiger partial charge in [0.15, 0.2) is 11.5 Å². The van der Waals surface area contributed by atoms with Crippen molar-refractivity contribution >= 4 is 59.1 Å². The Labute approximate surface area is 146 Å². The van der Waals surface area contributed by atoms with Crippen molar-refractivity contribution in [2.75, 3.05) is 13.2 Å². The molecule has 1 atom stereocenters. The Morgan fingerprint density at radius 2 is 1.75 bits per heavy atom. The molecule has 0 bridgehead atoms. The van der Waals surface area contributed by atoms with Gasteiger partial charge in [0.2, 0.25) is 0 Å². The third-order valence-corrected chi connectivity index (χ3v) is 7.24. The summed E-state index contributed by atoms with van der Waals surface area (Å²) in [6, 6.07) is 6.21. The van der Waals surface area contributed by atoms with Crippen LogP contribution in [0.25, 0.3) is 0 Å². The predicted octanol–water partition coefficient (Wildman–Crippen LogP) is 5.84. The summed E-state index contributed by atoms with van der Waals surface area (Å²) in [5.41, 5.74) is 2.39. The van der Waals surface area contributed by atoms with E-state index in [-0.39, 0.29) is 4.83 Å². The van der Waals surface area contributed by atoms with Gasteiger partial charge < -0.3 is 9.47 Å². The van der Waals surface area contributed by atoms with E-state index < -0.39 is 0 Å². The van der Waals surface area contributed by atoms with Gasteiger partial charge in [0.05, 0.1) is 8.61 Å². The van der Waals surface area contributed by atoms with Crippen LogP contribution < -0.4 is 9.47 Å². The lowest BCUT2D eigenvalue weighted by Gasteiger charge is -2.21. The normalized spacial score (nSPS) is 15.2. The number of halogens is 3. The number of aryl methyl sites for hydroxylation is 1. The van der Waals surface area contributed by atoms with E-state index in [0.29, 0.717) is 13.2 Å². The van der Waals surface area contributed by atoms with E-state index in [1.165, 1.54) is 14.2 Å². The first-order valence-corrected chi connectivity index (χ1v) is 9.37. The van der Waals surface area contributed by atoms with Crippen molar-refractivity contribution < 1.29 is 9.47 Å². The number of benzene rings is 1. The van der Waals surface area contributed by atoms with Crippen LogP contribution in [0.15, 0.2) is 26.5 Å². The van der Waals surface area contributed by atoms with Crippen molar-refractivity contribution in [2.24, 2.45) is 0 Å². The number of ether oxygens (including phenoxy) is 2. The molecular formula is C14H11Br3O2S. The molecule has 0 amide bonds. The molecule has 0 radical (unpaired) electrons. The van der Waals surface area contributed by atoms with Crippen molar-refractivity contribution in [2.45, 2.75) is 11.8 Å². The van der Waals surface area contributed by atoms with Crippen LogP contribution in [0.4, 0.5) is 0 Å². The molecule has 3 rings (SSSR count). The molecule has 2 nitrogen and oxygen atoms in total. The molecule has 106 valence electrons. The SMILES string of the molecule is Cc1cc(C(Br)c2cc3c(cc2Br)OCCO3)sc1Br. The second-order valence-electron chi connectivity index (χ2n) is 4.49. The highest BCUT2D eigenvalue weighted by Crippen LogP contribution is 2.45. The van der Waals surface area contributed by atoms with Crippen LogP contribution in [-0.4, -0.2) is 13.2 Å². The maximum absolute atomic E-state index is 5.66. The number of hydrogen-bond donors (Lipinski definition) is 0. The van der Waals surface area contributed by atoms with Gasteiger partial charge in [-0.1, -0.05) is 31.9 Å². The Bertz CT molecular complexity index is 635. The van der Waals surface area contributed by atoms with Crippen LogP contribution in [0.1, 0.15) is 20.8 Å². The predicted molar refractivity (Wildman–Crippen MR) is 92.7 cm³/mol. The van der Waals surface area contributed by atoms with Gasteiger partial charge >= 0.3 is 0 Å². The van der Waals surface area contributed by atoms with Crippen LogP contribution in [0.5, 0.6) is 11.5 Å². The molecule has 0 aliphatic carbocycles. The average Bonchev–Trinajstić information content (AvgIpc) is 2.77. The smallest absolute Gasteiger partial charge is 0.162 e. The average molecular weight is 483 g/mol. The first kappa shape index (κ1) is 14.9. The van der Waals surface area contributed by atoms with Crippen LogP contribution in [0, 0.1) is 6.92 Å². The van der Waals surface area contributed by atoms with Crippen molar-refractivity contribution in [3.63, 3.8) is 0 Å². The van der Waals surface area contributed by atoms with Crippen LogP contribution >= 0.6 is 59.1 Å². The standard InChI is InChI=1S/C14H11Br3O2S/c1-7-4-12(20-14(7)17)13(16)8-5-10-11(6-9(8)15)19-3-2-18-10/h4-6,13H,2-3H2,1H3. The topological polar surface area (TPSA) is 18.5 Å². The van der Waals surface area contributed by atoms with Gasteiger partial charge in [-0.3, -0.25) is 0 Å². The summed E-state index contributed by atoms with van der Waals surface area (Å²) in [6.07, 6.45) is 0. The second-order valence-corrected chi connectivity index (χ2v) is 8.66. The summed E-state index contributed by atoms with van der Waals surface area (Å²) < 4.78 is 13.4. The number of hydrogen-bond acceptors (Lipinski definition) is 3. The largest absolute Gasteiger partial charge is 0.486 e. The zero-order valence-electron chi connectivity index (χ0n) is 10.6. The van der Waals surface area contributed by atoms with Gasteiger partial charge in [0.25, 0.3) is 0 Å². The van der Waals surface area contributed by atoms with Crippen LogP contribution in [-0.2, 0) is 0 Å². The Hall–Kier alpha value is -0.0400. The van der Waals surface area contributed by atoms with E-state index in [2.05, 4.69) is 60.8 Å². The summed E-state index contributed by atoms with van der Waals surface area (Å²) in [7, 11) is 0. The quantitative estimate of drug-likeness (QED) is 0.501. The van der Waals surface area contributed by atoms with E-state index in [0.717, 1.165) is 21.5 Å². The van der Waals surface area contributed by atoms with Crippen molar-refractivity contribution in [3.05, 3.63) is 42.5 Å². The van der Waals surface area contributed by atoms with Crippen molar-refractivity contribution in [1.82, 2.24) is 0 Å². The zero-order valence-corrected chi connectivity index (χ0v) is 16.2. The number of alkyl halides is 1. The third-order valence-electron chi connectivity index (χ3n) is 3.06. The summed E-state index contributed by atoms with van der Waals surface area (Å²) in [5, 5.41) is 0. The van der Waals surface area contributed by atoms with E-state index in [1.54, 1.807) is 11.3 Å². The molecule has 0 N–H and O–H groups in total. The van der Waals surface area contributed by atoms with Gasteiger partial charge in [-0.25, -0.2) is 0 Å². The second kappa shape index (κ2) is 5.99. The summed E-state index contributed by atoms with van der Waals surface area (Å²) in [4.78, 5) is 1.38. The van der Waals surface area contributed by atoms with E-state index in [9.17, 15) is 0 Å². The minimum absolute atomic E-state index is 0.128. The first-order chi connectivity index (χ1) is 9.56. The molecule has 2 heterocycles. The maximum atomic E-state index is 5.66. The molecule has 0 fully saturated rings. The van der Waals surface area contributed by atoms with E-state index >= 15 is 0 Å². The minimum Gasteiger partial charge on any atom is -0.486 e. The highest BCUT2D eigenvalue weighted by Gasteiger charge is 2.21. The molecule has 6 heteroatoms. The number of fused-ring (bicyclic) bond motifs is 1. The molecule has 1 aliphatic heterocycles. The van der Waals surface area contributed by atoms with E-state index in [4.69, 9.17) is 9.47 Å². The fourth-order valence-electron chi connectivity index (χ4n) is 2.04. The summed E-state index contributed by atoms with van der Waals surface area (Å²) in [6.45, 7) is 3.31. The molecule has 0 saturated heterocycles. The molecule has 1 unspecified atom stereocenters. The molecule has 20 heavy (non-hydrogen) atoms. The molecular weight excluding hydrogens is 472 g/mol. The van der Waals surface area contributed by atoms with E-state index in [1.807, 2.05) is 12.1 Å². The summed E-state index contributed by atoms with van der Waals surface area (Å²) >= 11 is 12.7. The highest BCUT2D eigenvalue weighted by atomic mass is 79.9. The molecule has 1 aromatic carbocycles. The van der Waals surface area contributed by atoms with Gasteiger partial charge in [0, 0.05) is 9.35 Å². The highest BCUT2D eigenvalue weighted by molar-refractivity contribution is 9.11. The first-order valence-electron chi connectivity index (χ1n) is 6.05. The fourth-order valence-corrected chi connectivity index (χ4v) is 5.25. The Balaban J connectivity index is 2.00. The fraction of sp³-hybridized carbons (Fsp3) is 0.286. The van der Waals surface area contributed by atoms with Gasteiger partial charge in [0.1, 0.15) is 13.2 Å². The van der Waals surface area contributed by atoms with Crippen LogP contribution in [0.2, 0.25) is 0 Å². The van der Waals surface area contributed by atoms with Crippen molar-refractivity contribution in [3.8, 4) is 11.5 Å². The number of thiophene rings is 1. The lowest BCUT2D eigenvalue weighted by atomic mass is 10.1. The number of rotatable bonds is 2. The molecule has 1 aromatic heterocycles. The molecule has 1 aliphatic rings.